The Labute approximate surface area is 111 Å². The van der Waals surface area contributed by atoms with Crippen LogP contribution in [0.1, 0.15) is 35.6 Å². The summed E-state index contributed by atoms with van der Waals surface area (Å²) >= 11 is 0. The van der Waals surface area contributed by atoms with E-state index in [1.807, 2.05) is 7.05 Å². The molecule has 4 heteroatoms. The van der Waals surface area contributed by atoms with Gasteiger partial charge in [0.05, 0.1) is 0 Å². The Morgan fingerprint density at radius 2 is 1.94 bits per heavy atom. The summed E-state index contributed by atoms with van der Waals surface area (Å²) in [5.74, 6) is 0.260. The largest absolute Gasteiger partial charge is 0.313 e. The second-order valence-electron chi connectivity index (χ2n) is 4.90. The summed E-state index contributed by atoms with van der Waals surface area (Å²) in [6, 6.07) is 6.50. The Hall–Kier alpha value is -0.870. The predicted molar refractivity (Wildman–Crippen MR) is 76.7 cm³/mol. The van der Waals surface area contributed by atoms with Crippen LogP contribution in [-0.2, 0) is 9.84 Å². The molecular formula is C14H23NO2S. The summed E-state index contributed by atoms with van der Waals surface area (Å²) < 4.78 is 22.3. The zero-order valence-electron chi connectivity index (χ0n) is 11.7. The Kier molecular flexibility index (Phi) is 5.35. The molecule has 1 unspecified atom stereocenters. The zero-order chi connectivity index (χ0) is 13.8. The van der Waals surface area contributed by atoms with Crippen molar-refractivity contribution in [1.82, 2.24) is 5.32 Å². The van der Waals surface area contributed by atoms with Gasteiger partial charge in [0.1, 0.15) is 9.84 Å². The first kappa shape index (κ1) is 15.2. The van der Waals surface area contributed by atoms with E-state index in [2.05, 4.69) is 37.4 Å². The summed E-state index contributed by atoms with van der Waals surface area (Å²) in [5.41, 5.74) is 3.83. The number of rotatable bonds is 6. The number of nitrogens with one attached hydrogen (secondary N) is 1. The van der Waals surface area contributed by atoms with Gasteiger partial charge in [-0.05, 0) is 50.4 Å². The number of aryl methyl sites for hydroxylation is 1. The van der Waals surface area contributed by atoms with Gasteiger partial charge in [0, 0.05) is 18.1 Å². The number of benzene rings is 1. The molecule has 0 spiro atoms. The molecule has 102 valence electrons. The molecule has 1 aromatic carbocycles. The van der Waals surface area contributed by atoms with E-state index in [4.69, 9.17) is 0 Å². The quantitative estimate of drug-likeness (QED) is 0.862. The van der Waals surface area contributed by atoms with Crippen molar-refractivity contribution in [1.29, 1.82) is 0 Å². The van der Waals surface area contributed by atoms with Gasteiger partial charge in [-0.25, -0.2) is 8.42 Å². The van der Waals surface area contributed by atoms with Crippen molar-refractivity contribution in [2.75, 3.05) is 19.1 Å². The zero-order valence-corrected chi connectivity index (χ0v) is 12.5. The van der Waals surface area contributed by atoms with Crippen molar-refractivity contribution in [3.8, 4) is 0 Å². The van der Waals surface area contributed by atoms with Gasteiger partial charge in [0.15, 0.2) is 0 Å². The Balaban J connectivity index is 2.75. The minimum absolute atomic E-state index is 0.228. The van der Waals surface area contributed by atoms with Crippen LogP contribution < -0.4 is 5.32 Å². The summed E-state index contributed by atoms with van der Waals surface area (Å²) in [7, 11) is -0.933. The topological polar surface area (TPSA) is 46.2 Å². The van der Waals surface area contributed by atoms with Gasteiger partial charge in [-0.15, -0.1) is 0 Å². The van der Waals surface area contributed by atoms with Crippen molar-refractivity contribution >= 4 is 9.84 Å². The molecule has 0 saturated carbocycles. The number of sulfone groups is 1. The molecule has 0 aliphatic heterocycles. The summed E-state index contributed by atoms with van der Waals surface area (Å²) in [4.78, 5) is 0. The van der Waals surface area contributed by atoms with Gasteiger partial charge in [-0.2, -0.15) is 0 Å². The number of hydrogen-bond acceptors (Lipinski definition) is 3. The molecule has 1 aromatic rings. The van der Waals surface area contributed by atoms with Gasteiger partial charge in [-0.3, -0.25) is 0 Å². The van der Waals surface area contributed by atoms with Crippen molar-refractivity contribution in [2.24, 2.45) is 0 Å². The fourth-order valence-corrected chi connectivity index (χ4v) is 2.85. The minimum Gasteiger partial charge on any atom is -0.313 e. The van der Waals surface area contributed by atoms with Crippen LogP contribution in [0.3, 0.4) is 0 Å². The van der Waals surface area contributed by atoms with Gasteiger partial charge in [0.25, 0.3) is 0 Å². The summed E-state index contributed by atoms with van der Waals surface area (Å²) in [5, 5.41) is 3.28. The highest BCUT2D eigenvalue weighted by Crippen LogP contribution is 2.23. The smallest absolute Gasteiger partial charge is 0.147 e. The van der Waals surface area contributed by atoms with Crippen molar-refractivity contribution in [3.63, 3.8) is 0 Å². The van der Waals surface area contributed by atoms with Gasteiger partial charge in [0.2, 0.25) is 0 Å². The molecule has 0 radical (unpaired) electrons. The first-order chi connectivity index (χ1) is 8.35. The molecule has 0 aromatic heterocycles. The molecule has 0 aliphatic rings. The molecule has 0 fully saturated rings. The molecule has 3 nitrogen and oxygen atoms in total. The van der Waals surface area contributed by atoms with E-state index in [0.29, 0.717) is 6.42 Å². The number of hydrogen-bond donors (Lipinski definition) is 1. The third-order valence-electron chi connectivity index (χ3n) is 3.38. The van der Waals surface area contributed by atoms with Crippen molar-refractivity contribution in [3.05, 3.63) is 34.9 Å². The van der Waals surface area contributed by atoms with Crippen LogP contribution in [-0.4, -0.2) is 27.5 Å². The van der Waals surface area contributed by atoms with Crippen LogP contribution >= 0.6 is 0 Å². The van der Waals surface area contributed by atoms with Crippen molar-refractivity contribution in [2.45, 2.75) is 32.7 Å². The van der Waals surface area contributed by atoms with E-state index in [-0.39, 0.29) is 11.8 Å². The van der Waals surface area contributed by atoms with Crippen LogP contribution in [0.15, 0.2) is 18.2 Å². The van der Waals surface area contributed by atoms with Crippen LogP contribution in [0.2, 0.25) is 0 Å². The van der Waals surface area contributed by atoms with Gasteiger partial charge >= 0.3 is 0 Å². The third kappa shape index (κ3) is 4.42. The highest BCUT2D eigenvalue weighted by molar-refractivity contribution is 7.90. The highest BCUT2D eigenvalue weighted by Gasteiger charge is 2.13. The molecule has 0 heterocycles. The molecular weight excluding hydrogens is 246 g/mol. The first-order valence-corrected chi connectivity index (χ1v) is 8.32. The molecule has 0 amide bonds. The summed E-state index contributed by atoms with van der Waals surface area (Å²) in [6.07, 6.45) is 2.82. The normalized spacial score (nSPS) is 13.6. The van der Waals surface area contributed by atoms with Gasteiger partial charge < -0.3 is 5.32 Å². The standard InChI is InChI=1S/C14H23NO2S/c1-11-7-5-8-13(12(11)2)14(15-3)9-6-10-18(4,16)17/h5,7-8,14-15H,6,9-10H2,1-4H3. The maximum Gasteiger partial charge on any atom is 0.147 e. The molecule has 1 atom stereocenters. The average Bonchev–Trinajstić information content (AvgIpc) is 2.27. The lowest BCUT2D eigenvalue weighted by Crippen LogP contribution is -2.19. The van der Waals surface area contributed by atoms with Crippen LogP contribution in [0, 0.1) is 13.8 Å². The van der Waals surface area contributed by atoms with Crippen molar-refractivity contribution < 1.29 is 8.42 Å². The Morgan fingerprint density at radius 1 is 1.28 bits per heavy atom. The lowest BCUT2D eigenvalue weighted by atomic mass is 9.95. The molecule has 1 rings (SSSR count). The third-order valence-corrected chi connectivity index (χ3v) is 4.41. The molecule has 0 bridgehead atoms. The first-order valence-electron chi connectivity index (χ1n) is 6.26. The SMILES string of the molecule is CNC(CCCS(C)(=O)=O)c1cccc(C)c1C. The van der Waals surface area contributed by atoms with Gasteiger partial charge in [-0.1, -0.05) is 18.2 Å². The maximum absolute atomic E-state index is 11.1. The van der Waals surface area contributed by atoms with E-state index in [1.165, 1.54) is 22.9 Å². The second-order valence-corrected chi connectivity index (χ2v) is 7.16. The molecule has 18 heavy (non-hydrogen) atoms. The lowest BCUT2D eigenvalue weighted by Gasteiger charge is -2.19. The fourth-order valence-electron chi connectivity index (χ4n) is 2.16. The fraction of sp³-hybridized carbons (Fsp3) is 0.571. The Morgan fingerprint density at radius 3 is 2.50 bits per heavy atom. The van der Waals surface area contributed by atoms with E-state index in [1.54, 1.807) is 0 Å². The Bertz CT molecular complexity index is 495. The second kappa shape index (κ2) is 6.34. The summed E-state index contributed by atoms with van der Waals surface area (Å²) in [6.45, 7) is 4.22. The van der Waals surface area contributed by atoms with E-state index < -0.39 is 9.84 Å². The highest BCUT2D eigenvalue weighted by atomic mass is 32.2. The minimum atomic E-state index is -2.86. The lowest BCUT2D eigenvalue weighted by molar-refractivity contribution is 0.534. The van der Waals surface area contributed by atoms with Crippen LogP contribution in [0.4, 0.5) is 0 Å². The van der Waals surface area contributed by atoms with E-state index in [0.717, 1.165) is 6.42 Å². The van der Waals surface area contributed by atoms with Crippen LogP contribution in [0.5, 0.6) is 0 Å². The predicted octanol–water partition coefficient (Wildman–Crippen LogP) is 2.39. The van der Waals surface area contributed by atoms with Crippen LogP contribution in [0.25, 0.3) is 0 Å². The average molecular weight is 269 g/mol. The maximum atomic E-state index is 11.1. The molecule has 0 saturated heterocycles. The monoisotopic (exact) mass is 269 g/mol. The molecule has 0 aliphatic carbocycles. The van der Waals surface area contributed by atoms with E-state index >= 15 is 0 Å². The van der Waals surface area contributed by atoms with E-state index in [9.17, 15) is 8.42 Å². The molecule has 1 N–H and O–H groups in total.